The summed E-state index contributed by atoms with van der Waals surface area (Å²) in [5.41, 5.74) is 2.00. The first-order valence-corrected chi connectivity index (χ1v) is 6.88. The van der Waals surface area contributed by atoms with Crippen LogP contribution in [0.3, 0.4) is 0 Å². The lowest BCUT2D eigenvalue weighted by Gasteiger charge is -2.05. The standard InChI is InChI=1S/C13H15N3O2S/c1-4-18-13(17)11-6-14-12(15-8(11)2)5-10-7-19-9(3)16-10/h6-7H,4-5H2,1-3H3. The minimum atomic E-state index is -0.379. The van der Waals surface area contributed by atoms with Crippen LogP contribution in [-0.2, 0) is 11.2 Å². The third-order valence-electron chi connectivity index (χ3n) is 2.53. The maximum absolute atomic E-state index is 11.6. The zero-order valence-electron chi connectivity index (χ0n) is 11.1. The summed E-state index contributed by atoms with van der Waals surface area (Å²) >= 11 is 1.60. The molecule has 2 heterocycles. The Bertz CT molecular complexity index is 595. The Morgan fingerprint density at radius 1 is 1.37 bits per heavy atom. The molecule has 6 heteroatoms. The van der Waals surface area contributed by atoms with Gasteiger partial charge in [-0.15, -0.1) is 11.3 Å². The molecule has 0 N–H and O–H groups in total. The first-order valence-electron chi connectivity index (χ1n) is 6.00. The summed E-state index contributed by atoms with van der Waals surface area (Å²) in [6.45, 7) is 5.86. The smallest absolute Gasteiger partial charge is 0.341 e. The van der Waals surface area contributed by atoms with E-state index in [9.17, 15) is 4.79 Å². The van der Waals surface area contributed by atoms with Gasteiger partial charge in [-0.1, -0.05) is 0 Å². The Kier molecular flexibility index (Phi) is 4.21. The molecule has 0 radical (unpaired) electrons. The van der Waals surface area contributed by atoms with Crippen molar-refractivity contribution >= 4 is 17.3 Å². The van der Waals surface area contributed by atoms with Crippen LogP contribution in [0.25, 0.3) is 0 Å². The van der Waals surface area contributed by atoms with Crippen molar-refractivity contribution in [2.45, 2.75) is 27.2 Å². The number of esters is 1. The molecule has 0 aromatic carbocycles. The molecule has 0 saturated heterocycles. The topological polar surface area (TPSA) is 65.0 Å². The normalized spacial score (nSPS) is 10.5. The van der Waals surface area contributed by atoms with Gasteiger partial charge < -0.3 is 4.74 Å². The number of carbonyl (C=O) groups excluding carboxylic acids is 1. The lowest BCUT2D eigenvalue weighted by atomic mass is 10.2. The van der Waals surface area contributed by atoms with Crippen molar-refractivity contribution in [2.24, 2.45) is 0 Å². The molecule has 100 valence electrons. The minimum Gasteiger partial charge on any atom is -0.462 e. The van der Waals surface area contributed by atoms with Gasteiger partial charge in [-0.2, -0.15) is 0 Å². The van der Waals surface area contributed by atoms with Crippen LogP contribution in [0.15, 0.2) is 11.6 Å². The van der Waals surface area contributed by atoms with Crippen molar-refractivity contribution in [2.75, 3.05) is 6.61 Å². The van der Waals surface area contributed by atoms with Gasteiger partial charge in [0.25, 0.3) is 0 Å². The number of nitrogens with zero attached hydrogens (tertiary/aromatic N) is 3. The molecule has 19 heavy (non-hydrogen) atoms. The number of thiazole rings is 1. The van der Waals surface area contributed by atoms with Crippen molar-refractivity contribution < 1.29 is 9.53 Å². The second-order valence-corrected chi connectivity index (χ2v) is 5.10. The van der Waals surface area contributed by atoms with E-state index in [4.69, 9.17) is 4.74 Å². The molecule has 0 aliphatic carbocycles. The lowest BCUT2D eigenvalue weighted by Crippen LogP contribution is -2.10. The van der Waals surface area contributed by atoms with Gasteiger partial charge in [0.05, 0.1) is 35.0 Å². The lowest BCUT2D eigenvalue weighted by molar-refractivity contribution is 0.0524. The van der Waals surface area contributed by atoms with Crippen LogP contribution in [-0.4, -0.2) is 27.5 Å². The summed E-state index contributed by atoms with van der Waals surface area (Å²) < 4.78 is 4.94. The quantitative estimate of drug-likeness (QED) is 0.802. The Morgan fingerprint density at radius 3 is 2.74 bits per heavy atom. The fourth-order valence-corrected chi connectivity index (χ4v) is 2.27. The Hall–Kier alpha value is -1.82. The highest BCUT2D eigenvalue weighted by molar-refractivity contribution is 7.09. The van der Waals surface area contributed by atoms with E-state index in [1.165, 1.54) is 6.20 Å². The molecule has 2 aromatic rings. The summed E-state index contributed by atoms with van der Waals surface area (Å²) in [4.78, 5) is 24.5. The number of carbonyl (C=O) groups is 1. The predicted molar refractivity (Wildman–Crippen MR) is 72.4 cm³/mol. The number of aromatic nitrogens is 3. The maximum atomic E-state index is 11.6. The van der Waals surface area contributed by atoms with Gasteiger partial charge in [0.15, 0.2) is 0 Å². The van der Waals surface area contributed by atoms with E-state index in [1.54, 1.807) is 25.2 Å². The number of hydrogen-bond donors (Lipinski definition) is 0. The average Bonchev–Trinajstić information content (AvgIpc) is 2.75. The fourth-order valence-electron chi connectivity index (χ4n) is 1.66. The highest BCUT2D eigenvalue weighted by Gasteiger charge is 2.13. The maximum Gasteiger partial charge on any atom is 0.341 e. The first-order chi connectivity index (χ1) is 9.10. The minimum absolute atomic E-state index is 0.345. The Morgan fingerprint density at radius 2 is 2.16 bits per heavy atom. The van der Waals surface area contributed by atoms with Crippen molar-refractivity contribution in [3.63, 3.8) is 0 Å². The largest absolute Gasteiger partial charge is 0.462 e. The van der Waals surface area contributed by atoms with E-state index >= 15 is 0 Å². The number of hydrogen-bond acceptors (Lipinski definition) is 6. The van der Waals surface area contributed by atoms with Crippen molar-refractivity contribution in [1.29, 1.82) is 0 Å². The molecule has 0 saturated carbocycles. The Balaban J connectivity index is 2.16. The molecule has 0 bridgehead atoms. The van der Waals surface area contributed by atoms with Gasteiger partial charge in [0.1, 0.15) is 5.82 Å². The van der Waals surface area contributed by atoms with Crippen molar-refractivity contribution in [3.8, 4) is 0 Å². The van der Waals surface area contributed by atoms with E-state index in [1.807, 2.05) is 12.3 Å². The SMILES string of the molecule is CCOC(=O)c1cnc(Cc2csc(C)n2)nc1C. The third-order valence-corrected chi connectivity index (χ3v) is 3.35. The van der Waals surface area contributed by atoms with Crippen LogP contribution in [0.5, 0.6) is 0 Å². The molecular formula is C13H15N3O2S. The molecule has 2 aromatic heterocycles. The van der Waals surface area contributed by atoms with Gasteiger partial charge in [0, 0.05) is 11.6 Å². The van der Waals surface area contributed by atoms with Crippen LogP contribution in [0, 0.1) is 13.8 Å². The zero-order valence-corrected chi connectivity index (χ0v) is 12.0. The van der Waals surface area contributed by atoms with Crippen LogP contribution >= 0.6 is 11.3 Å². The first kappa shape index (κ1) is 13.6. The van der Waals surface area contributed by atoms with Gasteiger partial charge in [-0.05, 0) is 20.8 Å². The summed E-state index contributed by atoms with van der Waals surface area (Å²) in [7, 11) is 0. The molecule has 0 spiro atoms. The van der Waals surface area contributed by atoms with E-state index in [2.05, 4.69) is 15.0 Å². The average molecular weight is 277 g/mol. The van der Waals surface area contributed by atoms with Crippen LogP contribution < -0.4 is 0 Å². The monoisotopic (exact) mass is 277 g/mol. The zero-order chi connectivity index (χ0) is 13.8. The second kappa shape index (κ2) is 5.88. The van der Waals surface area contributed by atoms with E-state index in [-0.39, 0.29) is 5.97 Å². The van der Waals surface area contributed by atoms with Gasteiger partial charge >= 0.3 is 5.97 Å². The third kappa shape index (κ3) is 3.35. The van der Waals surface area contributed by atoms with Crippen LogP contribution in [0.2, 0.25) is 0 Å². The fraction of sp³-hybridized carbons (Fsp3) is 0.385. The molecule has 5 nitrogen and oxygen atoms in total. The molecule has 0 aliphatic heterocycles. The molecule has 0 amide bonds. The highest BCUT2D eigenvalue weighted by atomic mass is 32.1. The number of ether oxygens (including phenoxy) is 1. The molecular weight excluding hydrogens is 262 g/mol. The van der Waals surface area contributed by atoms with Gasteiger partial charge in [0.2, 0.25) is 0 Å². The number of rotatable bonds is 4. The van der Waals surface area contributed by atoms with E-state index in [0.29, 0.717) is 30.1 Å². The van der Waals surface area contributed by atoms with Gasteiger partial charge in [-0.3, -0.25) is 0 Å². The van der Waals surface area contributed by atoms with Crippen LogP contribution in [0.4, 0.5) is 0 Å². The Labute approximate surface area is 115 Å². The van der Waals surface area contributed by atoms with Crippen molar-refractivity contribution in [3.05, 3.63) is 39.4 Å². The predicted octanol–water partition coefficient (Wildman–Crippen LogP) is 2.32. The van der Waals surface area contributed by atoms with E-state index < -0.39 is 0 Å². The van der Waals surface area contributed by atoms with E-state index in [0.717, 1.165) is 10.7 Å². The van der Waals surface area contributed by atoms with Crippen molar-refractivity contribution in [1.82, 2.24) is 15.0 Å². The second-order valence-electron chi connectivity index (χ2n) is 4.04. The molecule has 0 aliphatic rings. The highest BCUT2D eigenvalue weighted by Crippen LogP contribution is 2.12. The summed E-state index contributed by atoms with van der Waals surface area (Å²) in [6, 6.07) is 0. The summed E-state index contributed by atoms with van der Waals surface area (Å²) in [5.74, 6) is 0.284. The summed E-state index contributed by atoms with van der Waals surface area (Å²) in [6.07, 6.45) is 2.10. The molecule has 0 fully saturated rings. The number of aryl methyl sites for hydroxylation is 2. The molecule has 2 rings (SSSR count). The summed E-state index contributed by atoms with van der Waals surface area (Å²) in [5, 5.41) is 3.02. The molecule has 0 atom stereocenters. The van der Waals surface area contributed by atoms with Gasteiger partial charge in [-0.25, -0.2) is 19.7 Å². The molecule has 0 unspecified atom stereocenters. The van der Waals surface area contributed by atoms with Crippen LogP contribution in [0.1, 0.15) is 39.5 Å².